The maximum Gasteiger partial charge on any atom is 0.209 e. The van der Waals surface area contributed by atoms with E-state index in [-0.39, 0.29) is 0 Å². The van der Waals surface area contributed by atoms with E-state index in [9.17, 15) is 0 Å². The maximum absolute atomic E-state index is 6.39. The second-order valence-corrected chi connectivity index (χ2v) is 7.43. The van der Waals surface area contributed by atoms with Crippen LogP contribution in [0.1, 0.15) is 30.5 Å². The number of anilines is 3. The van der Waals surface area contributed by atoms with Gasteiger partial charge in [-0.25, -0.2) is 0 Å². The molecule has 4 heteroatoms. The Kier molecular flexibility index (Phi) is 7.96. The average molecular weight is 432 g/mol. The van der Waals surface area contributed by atoms with E-state index in [2.05, 4.69) is 71.2 Å². The summed E-state index contributed by atoms with van der Waals surface area (Å²) in [6.45, 7) is 6.08. The smallest absolute Gasteiger partial charge is 0.209 e. The predicted molar refractivity (Wildman–Crippen MR) is 134 cm³/mol. The van der Waals surface area contributed by atoms with E-state index in [0.717, 1.165) is 41.4 Å². The minimum Gasteiger partial charge on any atom is -0.495 e. The largest absolute Gasteiger partial charge is 0.495 e. The fraction of sp³-hybridized carbons (Fsp3) is 0.286. The molecular formula is C28H33NO3. The Bertz CT molecular complexity index is 1160. The molecule has 0 aliphatic carbocycles. The summed E-state index contributed by atoms with van der Waals surface area (Å²) in [5, 5.41) is 1.19. The van der Waals surface area contributed by atoms with Gasteiger partial charge in [-0.3, -0.25) is 4.90 Å². The second kappa shape index (κ2) is 10.9. The first-order valence-electron chi connectivity index (χ1n) is 11.1. The molecule has 0 spiro atoms. The van der Waals surface area contributed by atoms with Crippen LogP contribution in [0.15, 0.2) is 71.1 Å². The number of nitrogens with zero attached hydrogens (tertiary/aromatic N) is 1. The number of rotatable bonds is 2. The van der Waals surface area contributed by atoms with E-state index in [4.69, 9.17) is 9.15 Å². The third-order valence-corrected chi connectivity index (χ3v) is 5.33. The van der Waals surface area contributed by atoms with E-state index in [1.54, 1.807) is 21.3 Å². The van der Waals surface area contributed by atoms with Gasteiger partial charge in [0.2, 0.25) is 5.88 Å². The Hall–Kier alpha value is -3.24. The summed E-state index contributed by atoms with van der Waals surface area (Å²) in [5.41, 5.74) is 6.82. The van der Waals surface area contributed by atoms with Crippen LogP contribution in [-0.2, 0) is 17.6 Å². The maximum atomic E-state index is 6.39. The summed E-state index contributed by atoms with van der Waals surface area (Å²) >= 11 is 0. The third kappa shape index (κ3) is 4.51. The van der Waals surface area contributed by atoms with Crippen molar-refractivity contribution in [3.63, 3.8) is 0 Å². The van der Waals surface area contributed by atoms with Crippen molar-refractivity contribution in [3.05, 3.63) is 83.4 Å². The predicted octanol–water partition coefficient (Wildman–Crippen LogP) is 7.61. The van der Waals surface area contributed by atoms with Gasteiger partial charge in [-0.2, -0.15) is 0 Å². The molecule has 0 saturated carbocycles. The van der Waals surface area contributed by atoms with Gasteiger partial charge in [-0.15, -0.1) is 0 Å². The normalized spacial score (nSPS) is 11.9. The van der Waals surface area contributed by atoms with Gasteiger partial charge in [0.05, 0.1) is 18.5 Å². The first-order chi connectivity index (χ1) is 15.7. The third-order valence-electron chi connectivity index (χ3n) is 5.33. The van der Waals surface area contributed by atoms with Crippen molar-refractivity contribution in [2.75, 3.05) is 26.2 Å². The van der Waals surface area contributed by atoms with Crippen molar-refractivity contribution in [2.45, 2.75) is 33.6 Å². The molecule has 0 atom stereocenters. The quantitative estimate of drug-likeness (QED) is 0.327. The van der Waals surface area contributed by atoms with Crippen LogP contribution in [-0.4, -0.2) is 21.3 Å². The van der Waals surface area contributed by atoms with Gasteiger partial charge in [0.15, 0.2) is 0 Å². The molecule has 0 saturated heterocycles. The van der Waals surface area contributed by atoms with E-state index < -0.39 is 0 Å². The molecule has 32 heavy (non-hydrogen) atoms. The number of benzene rings is 3. The zero-order chi connectivity index (χ0) is 23.1. The highest BCUT2D eigenvalue weighted by molar-refractivity contribution is 5.92. The molecule has 2 heterocycles. The van der Waals surface area contributed by atoms with Gasteiger partial charge in [-0.05, 0) is 55.2 Å². The standard InChI is InChI=1S/C24H21NO2.C2H6O.C2H6/c1-16-11-14-21(23(15-16)26-2)25-20-9-5-3-7-17(20)12-13-19-18-8-4-6-10-22(18)27-24(19)25;1-3-2;1-2/h3-11,14-15H,12-13H2,1-2H3;1-2H3;1-2H3. The first kappa shape index (κ1) is 23.4. The topological polar surface area (TPSA) is 34.8 Å². The highest BCUT2D eigenvalue weighted by atomic mass is 16.5. The van der Waals surface area contributed by atoms with Crippen LogP contribution in [0.3, 0.4) is 0 Å². The Morgan fingerprint density at radius 3 is 2.25 bits per heavy atom. The molecule has 3 aromatic carbocycles. The van der Waals surface area contributed by atoms with Gasteiger partial charge in [-0.1, -0.05) is 56.3 Å². The Labute approximate surface area is 191 Å². The summed E-state index contributed by atoms with van der Waals surface area (Å²) in [7, 11) is 4.97. The van der Waals surface area contributed by atoms with Crippen molar-refractivity contribution in [2.24, 2.45) is 0 Å². The molecule has 1 aliphatic heterocycles. The lowest BCUT2D eigenvalue weighted by Gasteiger charge is -2.26. The molecule has 168 valence electrons. The van der Waals surface area contributed by atoms with Gasteiger partial charge in [0.25, 0.3) is 0 Å². The molecule has 0 fully saturated rings. The van der Waals surface area contributed by atoms with Crippen LogP contribution in [0.25, 0.3) is 11.0 Å². The zero-order valence-electron chi connectivity index (χ0n) is 19.9. The summed E-state index contributed by atoms with van der Waals surface area (Å²) in [5.74, 6) is 1.74. The summed E-state index contributed by atoms with van der Waals surface area (Å²) in [4.78, 5) is 2.22. The Morgan fingerprint density at radius 2 is 1.50 bits per heavy atom. The molecule has 0 radical (unpaired) electrons. The minimum absolute atomic E-state index is 0.845. The van der Waals surface area contributed by atoms with Gasteiger partial charge in [0.1, 0.15) is 11.3 Å². The van der Waals surface area contributed by atoms with Crippen molar-refractivity contribution >= 4 is 28.2 Å². The number of methoxy groups -OCH3 is 2. The highest BCUT2D eigenvalue weighted by Gasteiger charge is 2.29. The van der Waals surface area contributed by atoms with Gasteiger partial charge < -0.3 is 13.9 Å². The van der Waals surface area contributed by atoms with Crippen LogP contribution >= 0.6 is 0 Å². The van der Waals surface area contributed by atoms with Crippen LogP contribution in [0, 0.1) is 6.92 Å². The number of furan rings is 1. The van der Waals surface area contributed by atoms with Crippen molar-refractivity contribution in [1.82, 2.24) is 0 Å². The minimum atomic E-state index is 0.845. The van der Waals surface area contributed by atoms with E-state index in [1.807, 2.05) is 26.0 Å². The van der Waals surface area contributed by atoms with E-state index >= 15 is 0 Å². The first-order valence-corrected chi connectivity index (χ1v) is 11.1. The van der Waals surface area contributed by atoms with E-state index in [1.165, 1.54) is 22.1 Å². The average Bonchev–Trinajstić information content (AvgIpc) is 3.11. The molecule has 0 amide bonds. The molecular weight excluding hydrogens is 398 g/mol. The molecule has 0 unspecified atom stereocenters. The molecule has 4 aromatic rings. The molecule has 1 aliphatic rings. The Balaban J connectivity index is 0.000000536. The molecule has 4 nitrogen and oxygen atoms in total. The van der Waals surface area contributed by atoms with Crippen molar-refractivity contribution in [3.8, 4) is 5.75 Å². The van der Waals surface area contributed by atoms with Crippen LogP contribution in [0.5, 0.6) is 5.75 Å². The van der Waals surface area contributed by atoms with Gasteiger partial charge in [0, 0.05) is 25.2 Å². The van der Waals surface area contributed by atoms with Crippen molar-refractivity contribution in [1.29, 1.82) is 0 Å². The monoisotopic (exact) mass is 431 g/mol. The number of hydrogen-bond donors (Lipinski definition) is 0. The molecule has 5 rings (SSSR count). The highest BCUT2D eigenvalue weighted by Crippen LogP contribution is 2.48. The molecule has 0 N–H and O–H groups in total. The number of fused-ring (bicyclic) bond motifs is 4. The summed E-state index contributed by atoms with van der Waals surface area (Å²) in [6, 6.07) is 23.2. The zero-order valence-corrected chi connectivity index (χ0v) is 19.9. The lowest BCUT2D eigenvalue weighted by molar-refractivity contribution is 0.277. The summed E-state index contributed by atoms with van der Waals surface area (Å²) < 4.78 is 16.4. The number of para-hydroxylation sites is 2. The fourth-order valence-electron chi connectivity index (χ4n) is 4.03. The van der Waals surface area contributed by atoms with Crippen LogP contribution in [0.2, 0.25) is 0 Å². The Morgan fingerprint density at radius 1 is 0.812 bits per heavy atom. The van der Waals surface area contributed by atoms with Crippen LogP contribution in [0.4, 0.5) is 17.3 Å². The molecule has 1 aromatic heterocycles. The molecule has 0 bridgehead atoms. The fourth-order valence-corrected chi connectivity index (χ4v) is 4.03. The van der Waals surface area contributed by atoms with Crippen LogP contribution < -0.4 is 9.64 Å². The lowest BCUT2D eigenvalue weighted by Crippen LogP contribution is -2.12. The number of aryl methyl sites for hydroxylation is 3. The van der Waals surface area contributed by atoms with Crippen molar-refractivity contribution < 1.29 is 13.9 Å². The SMILES string of the molecule is CC.COC.COc1cc(C)ccc1N1c2ccccc2CCc2c1oc1ccccc21. The lowest BCUT2D eigenvalue weighted by atomic mass is 10.0. The van der Waals surface area contributed by atoms with Gasteiger partial charge >= 0.3 is 0 Å². The summed E-state index contributed by atoms with van der Waals surface area (Å²) in [6.07, 6.45) is 1.94. The number of ether oxygens (including phenoxy) is 2. The van der Waals surface area contributed by atoms with E-state index in [0.29, 0.717) is 0 Å². The second-order valence-electron chi connectivity index (χ2n) is 7.43. The number of hydrogen-bond acceptors (Lipinski definition) is 4.